The molecular weight excluding hydrogens is 392 g/mol. The Labute approximate surface area is 172 Å². The Balaban J connectivity index is 1.49. The minimum absolute atomic E-state index is 0.352. The van der Waals surface area contributed by atoms with Gasteiger partial charge in [0.1, 0.15) is 6.54 Å². The van der Waals surface area contributed by atoms with Gasteiger partial charge in [0.15, 0.2) is 6.10 Å². The highest BCUT2D eigenvalue weighted by atomic mass is 35.5. The van der Waals surface area contributed by atoms with Crippen molar-refractivity contribution in [3.63, 3.8) is 0 Å². The number of nitrogens with one attached hydrogen (secondary N) is 2. The molecule has 0 aromatic heterocycles. The summed E-state index contributed by atoms with van der Waals surface area (Å²) in [5, 5.41) is 7.71. The largest absolute Gasteiger partial charge is 0.451 e. The summed E-state index contributed by atoms with van der Waals surface area (Å²) in [7, 11) is 0. The van der Waals surface area contributed by atoms with Crippen molar-refractivity contribution in [1.82, 2.24) is 5.32 Å². The lowest BCUT2D eigenvalue weighted by molar-refractivity contribution is -0.152. The number of halogens is 1. The first kappa shape index (κ1) is 20.4. The van der Waals surface area contributed by atoms with Crippen molar-refractivity contribution in [2.75, 3.05) is 11.9 Å². The van der Waals surface area contributed by atoms with E-state index in [9.17, 15) is 14.4 Å². The lowest BCUT2D eigenvalue weighted by Gasteiger charge is -2.14. The van der Waals surface area contributed by atoms with Crippen LogP contribution in [0.1, 0.15) is 17.3 Å². The van der Waals surface area contributed by atoms with Crippen LogP contribution in [0.15, 0.2) is 66.7 Å². The Morgan fingerprint density at radius 3 is 2.38 bits per heavy atom. The Bertz CT molecular complexity index is 1050. The summed E-state index contributed by atoms with van der Waals surface area (Å²) in [6.45, 7) is 1.12. The van der Waals surface area contributed by atoms with E-state index < -0.39 is 23.9 Å². The third-order valence-electron chi connectivity index (χ3n) is 4.19. The van der Waals surface area contributed by atoms with Crippen LogP contribution in [0, 0.1) is 0 Å². The van der Waals surface area contributed by atoms with Gasteiger partial charge >= 0.3 is 5.97 Å². The molecule has 0 unspecified atom stereocenters. The van der Waals surface area contributed by atoms with Crippen molar-refractivity contribution in [1.29, 1.82) is 0 Å². The lowest BCUT2D eigenvalue weighted by atomic mass is 10.1. The molecule has 3 aromatic carbocycles. The molecule has 2 amide bonds. The van der Waals surface area contributed by atoms with E-state index in [4.69, 9.17) is 16.3 Å². The predicted molar refractivity (Wildman–Crippen MR) is 112 cm³/mol. The van der Waals surface area contributed by atoms with Crippen LogP contribution >= 0.6 is 11.6 Å². The summed E-state index contributed by atoms with van der Waals surface area (Å²) in [5.74, 6) is -1.61. The molecule has 0 saturated carbocycles. The third kappa shape index (κ3) is 5.56. The molecule has 3 rings (SSSR count). The minimum atomic E-state index is -1.01. The number of amides is 2. The van der Waals surface area contributed by atoms with Gasteiger partial charge in [-0.2, -0.15) is 0 Å². The molecule has 0 bridgehead atoms. The van der Waals surface area contributed by atoms with Gasteiger partial charge < -0.3 is 15.4 Å². The first-order valence-electron chi connectivity index (χ1n) is 8.95. The number of carbonyl (C=O) groups is 3. The fourth-order valence-electron chi connectivity index (χ4n) is 2.66. The van der Waals surface area contributed by atoms with E-state index in [0.29, 0.717) is 16.3 Å². The highest BCUT2D eigenvalue weighted by Gasteiger charge is 2.18. The number of esters is 1. The number of hydrogen-bond donors (Lipinski definition) is 2. The number of rotatable bonds is 6. The van der Waals surface area contributed by atoms with Gasteiger partial charge in [0, 0.05) is 16.3 Å². The highest BCUT2D eigenvalue weighted by Crippen LogP contribution is 2.19. The molecule has 0 aliphatic heterocycles. The van der Waals surface area contributed by atoms with Crippen molar-refractivity contribution in [2.24, 2.45) is 0 Å². The van der Waals surface area contributed by atoms with Gasteiger partial charge in [-0.05, 0) is 54.1 Å². The second-order valence-electron chi connectivity index (χ2n) is 6.37. The summed E-state index contributed by atoms with van der Waals surface area (Å²) in [4.78, 5) is 36.2. The van der Waals surface area contributed by atoms with E-state index in [1.807, 2.05) is 36.4 Å². The van der Waals surface area contributed by atoms with Crippen molar-refractivity contribution in [3.8, 4) is 0 Å². The van der Waals surface area contributed by atoms with Crippen LogP contribution in [0.25, 0.3) is 10.8 Å². The van der Waals surface area contributed by atoms with Gasteiger partial charge in [0.05, 0.1) is 0 Å². The van der Waals surface area contributed by atoms with Crippen LogP contribution in [-0.4, -0.2) is 30.4 Å². The maximum absolute atomic E-state index is 12.3. The predicted octanol–water partition coefficient (Wildman–Crippen LogP) is 3.79. The maximum Gasteiger partial charge on any atom is 0.326 e. The molecule has 0 fully saturated rings. The second kappa shape index (κ2) is 9.21. The summed E-state index contributed by atoms with van der Waals surface area (Å²) in [6, 6.07) is 19.5. The summed E-state index contributed by atoms with van der Waals surface area (Å²) >= 11 is 5.77. The van der Waals surface area contributed by atoms with Gasteiger partial charge in [-0.25, -0.2) is 0 Å². The Kier molecular flexibility index (Phi) is 6.46. The summed E-state index contributed by atoms with van der Waals surface area (Å²) < 4.78 is 5.09. The van der Waals surface area contributed by atoms with Gasteiger partial charge in [0.25, 0.3) is 11.8 Å². The average molecular weight is 411 g/mol. The summed E-state index contributed by atoms with van der Waals surface area (Å²) in [6.07, 6.45) is -1.01. The molecule has 1 atom stereocenters. The minimum Gasteiger partial charge on any atom is -0.451 e. The molecule has 0 aliphatic rings. The quantitative estimate of drug-likeness (QED) is 0.605. The zero-order chi connectivity index (χ0) is 20.8. The molecule has 7 heteroatoms. The van der Waals surface area contributed by atoms with Crippen LogP contribution in [0.5, 0.6) is 0 Å². The number of ether oxygens (including phenoxy) is 1. The Hall–Kier alpha value is -3.38. The molecule has 3 aromatic rings. The molecule has 148 valence electrons. The first-order chi connectivity index (χ1) is 13.9. The van der Waals surface area contributed by atoms with Crippen molar-refractivity contribution in [3.05, 3.63) is 77.3 Å². The van der Waals surface area contributed by atoms with Gasteiger partial charge in [-0.1, -0.05) is 41.9 Å². The molecule has 0 radical (unpaired) electrons. The smallest absolute Gasteiger partial charge is 0.326 e. The van der Waals surface area contributed by atoms with Crippen LogP contribution in [-0.2, 0) is 14.3 Å². The third-order valence-corrected chi connectivity index (χ3v) is 4.45. The van der Waals surface area contributed by atoms with Crippen molar-refractivity contribution >= 4 is 45.8 Å². The van der Waals surface area contributed by atoms with E-state index >= 15 is 0 Å². The molecule has 2 N–H and O–H groups in total. The SMILES string of the molecule is C[C@H](OC(=O)CNC(=O)c1ccc(Cl)cc1)C(=O)Nc1ccc2ccccc2c1. The first-order valence-corrected chi connectivity index (χ1v) is 9.33. The Morgan fingerprint density at radius 1 is 0.966 bits per heavy atom. The van der Waals surface area contributed by atoms with Crippen LogP contribution in [0.4, 0.5) is 5.69 Å². The van der Waals surface area contributed by atoms with Gasteiger partial charge in [-0.15, -0.1) is 0 Å². The number of anilines is 1. The zero-order valence-corrected chi connectivity index (χ0v) is 16.4. The van der Waals surface area contributed by atoms with E-state index in [0.717, 1.165) is 10.8 Å². The fraction of sp³-hybridized carbons (Fsp3) is 0.136. The molecule has 0 saturated heterocycles. The molecule has 6 nitrogen and oxygen atoms in total. The monoisotopic (exact) mass is 410 g/mol. The topological polar surface area (TPSA) is 84.5 Å². The molecule has 0 spiro atoms. The van der Waals surface area contributed by atoms with E-state index in [2.05, 4.69) is 10.6 Å². The standard InChI is InChI=1S/C22H19ClN2O4/c1-14(21(27)25-19-11-8-15-4-2-3-5-17(15)12-19)29-20(26)13-24-22(28)16-6-9-18(23)10-7-16/h2-12,14H,13H2,1H3,(H,24,28)(H,25,27)/t14-/m0/s1. The van der Waals surface area contributed by atoms with E-state index in [1.54, 1.807) is 30.3 Å². The molecule has 0 heterocycles. The number of fused-ring (bicyclic) bond motifs is 1. The number of benzene rings is 3. The lowest BCUT2D eigenvalue weighted by Crippen LogP contribution is -2.35. The number of carbonyl (C=O) groups excluding carboxylic acids is 3. The van der Waals surface area contributed by atoms with E-state index in [1.165, 1.54) is 6.92 Å². The average Bonchev–Trinajstić information content (AvgIpc) is 2.72. The summed E-state index contributed by atoms with van der Waals surface area (Å²) in [5.41, 5.74) is 0.969. The van der Waals surface area contributed by atoms with Crippen LogP contribution in [0.2, 0.25) is 5.02 Å². The normalized spacial score (nSPS) is 11.5. The molecule has 0 aliphatic carbocycles. The van der Waals surface area contributed by atoms with Crippen LogP contribution in [0.3, 0.4) is 0 Å². The second-order valence-corrected chi connectivity index (χ2v) is 6.81. The molecular formula is C22H19ClN2O4. The van der Waals surface area contributed by atoms with Gasteiger partial charge in [0.2, 0.25) is 0 Å². The molecule has 29 heavy (non-hydrogen) atoms. The Morgan fingerprint density at radius 2 is 1.66 bits per heavy atom. The highest BCUT2D eigenvalue weighted by molar-refractivity contribution is 6.30. The van der Waals surface area contributed by atoms with Crippen LogP contribution < -0.4 is 10.6 Å². The van der Waals surface area contributed by atoms with Crippen molar-refractivity contribution < 1.29 is 19.1 Å². The van der Waals surface area contributed by atoms with Gasteiger partial charge in [-0.3, -0.25) is 14.4 Å². The van der Waals surface area contributed by atoms with Crippen molar-refractivity contribution in [2.45, 2.75) is 13.0 Å². The zero-order valence-electron chi connectivity index (χ0n) is 15.6. The fourth-order valence-corrected chi connectivity index (χ4v) is 2.79. The maximum atomic E-state index is 12.3. The van der Waals surface area contributed by atoms with E-state index in [-0.39, 0.29) is 6.54 Å². The number of hydrogen-bond acceptors (Lipinski definition) is 4.